The number of nitrogens with zero attached hydrogens (tertiary/aromatic N) is 1. The molecule has 15 heavy (non-hydrogen) atoms. The number of hydrogen-bond donors (Lipinski definition) is 1. The predicted molar refractivity (Wildman–Crippen MR) is 61.7 cm³/mol. The van der Waals surface area contributed by atoms with E-state index in [1.54, 1.807) is 6.07 Å². The van der Waals surface area contributed by atoms with Crippen molar-refractivity contribution in [2.75, 3.05) is 0 Å². The van der Waals surface area contributed by atoms with Crippen molar-refractivity contribution in [1.29, 1.82) is 5.26 Å². The molecular formula is C11H9BrN2O. The summed E-state index contributed by atoms with van der Waals surface area (Å²) >= 11 is 3.33. The monoisotopic (exact) mass is 264 g/mol. The summed E-state index contributed by atoms with van der Waals surface area (Å²) in [7, 11) is 0. The first kappa shape index (κ1) is 11.5. The van der Waals surface area contributed by atoms with Crippen molar-refractivity contribution in [1.82, 2.24) is 0 Å². The standard InChI is InChI=1S/C11H9BrN2O/c1-7-2-8(5-10(12)3-7)4-9(6-13)11(14)15/h2-5H,1H3,(H2,14,15)/b9-4-. The molecule has 0 aromatic heterocycles. The minimum atomic E-state index is -0.713. The molecule has 1 amide bonds. The highest BCUT2D eigenvalue weighted by atomic mass is 79.9. The third kappa shape index (κ3) is 3.22. The molecule has 3 nitrogen and oxygen atoms in total. The summed E-state index contributed by atoms with van der Waals surface area (Å²) in [6.07, 6.45) is 1.47. The Labute approximate surface area is 96.3 Å². The Morgan fingerprint density at radius 3 is 2.67 bits per heavy atom. The van der Waals surface area contributed by atoms with Crippen molar-refractivity contribution in [3.63, 3.8) is 0 Å². The van der Waals surface area contributed by atoms with Gasteiger partial charge in [-0.3, -0.25) is 4.79 Å². The lowest BCUT2D eigenvalue weighted by Crippen LogP contribution is -2.12. The van der Waals surface area contributed by atoms with Gasteiger partial charge in [0.2, 0.25) is 0 Å². The van der Waals surface area contributed by atoms with Crippen LogP contribution in [0.2, 0.25) is 0 Å². The van der Waals surface area contributed by atoms with Crippen molar-refractivity contribution in [3.05, 3.63) is 39.4 Å². The van der Waals surface area contributed by atoms with Gasteiger partial charge in [0.25, 0.3) is 5.91 Å². The van der Waals surface area contributed by atoms with Crippen LogP contribution in [0.3, 0.4) is 0 Å². The number of carbonyl (C=O) groups excluding carboxylic acids is 1. The molecule has 0 atom stereocenters. The molecule has 0 saturated carbocycles. The van der Waals surface area contributed by atoms with Gasteiger partial charge in [0.15, 0.2) is 0 Å². The number of nitrogens with two attached hydrogens (primary N) is 1. The van der Waals surface area contributed by atoms with Crippen molar-refractivity contribution in [2.24, 2.45) is 5.73 Å². The molecule has 0 bridgehead atoms. The van der Waals surface area contributed by atoms with Crippen LogP contribution < -0.4 is 5.73 Å². The van der Waals surface area contributed by atoms with Crippen LogP contribution in [0, 0.1) is 18.3 Å². The summed E-state index contributed by atoms with van der Waals surface area (Å²) in [5, 5.41) is 8.67. The maximum Gasteiger partial charge on any atom is 0.259 e. The van der Waals surface area contributed by atoms with E-state index in [0.717, 1.165) is 15.6 Å². The van der Waals surface area contributed by atoms with Gasteiger partial charge < -0.3 is 5.73 Å². The normalized spacial score (nSPS) is 10.9. The second-order valence-corrected chi connectivity index (χ2v) is 4.01. The fourth-order valence-electron chi connectivity index (χ4n) is 1.17. The molecule has 1 aromatic rings. The number of halogens is 1. The third-order valence-electron chi connectivity index (χ3n) is 1.76. The number of carbonyl (C=O) groups is 1. The molecule has 0 aliphatic rings. The zero-order valence-electron chi connectivity index (χ0n) is 8.12. The van der Waals surface area contributed by atoms with Crippen LogP contribution in [0.15, 0.2) is 28.2 Å². The van der Waals surface area contributed by atoms with Crippen molar-refractivity contribution < 1.29 is 4.79 Å². The summed E-state index contributed by atoms with van der Waals surface area (Å²) in [5.41, 5.74) is 6.80. The zero-order chi connectivity index (χ0) is 11.4. The quantitative estimate of drug-likeness (QED) is 0.657. The molecule has 0 saturated heterocycles. The first-order valence-corrected chi connectivity index (χ1v) is 5.01. The van der Waals surface area contributed by atoms with Gasteiger partial charge in [0.1, 0.15) is 11.6 Å². The van der Waals surface area contributed by atoms with Gasteiger partial charge in [-0.1, -0.05) is 22.0 Å². The molecule has 76 valence electrons. The highest BCUT2D eigenvalue weighted by Crippen LogP contribution is 2.17. The Bertz CT molecular complexity index is 452. The van der Waals surface area contributed by atoms with Gasteiger partial charge in [0.05, 0.1) is 0 Å². The van der Waals surface area contributed by atoms with Gasteiger partial charge in [0, 0.05) is 4.47 Å². The number of aryl methyl sites for hydroxylation is 1. The Morgan fingerprint density at radius 1 is 1.53 bits per heavy atom. The lowest BCUT2D eigenvalue weighted by molar-refractivity contribution is -0.114. The van der Waals surface area contributed by atoms with Crippen molar-refractivity contribution in [2.45, 2.75) is 6.92 Å². The molecule has 0 aliphatic heterocycles. The van der Waals surface area contributed by atoms with E-state index in [9.17, 15) is 4.79 Å². The van der Waals surface area contributed by atoms with Gasteiger partial charge >= 0.3 is 0 Å². The molecule has 0 unspecified atom stereocenters. The van der Waals surface area contributed by atoms with Crippen LogP contribution in [0.25, 0.3) is 6.08 Å². The number of primary amides is 1. The average Bonchev–Trinajstić information content (AvgIpc) is 2.12. The minimum absolute atomic E-state index is 0.0486. The molecule has 4 heteroatoms. The van der Waals surface area contributed by atoms with Crippen LogP contribution in [0.1, 0.15) is 11.1 Å². The number of amides is 1. The van der Waals surface area contributed by atoms with Gasteiger partial charge in [-0.2, -0.15) is 5.26 Å². The van der Waals surface area contributed by atoms with Crippen LogP contribution in [-0.4, -0.2) is 5.91 Å². The van der Waals surface area contributed by atoms with Crippen LogP contribution in [0.4, 0.5) is 0 Å². The first-order chi connectivity index (χ1) is 7.02. The van der Waals surface area contributed by atoms with E-state index in [1.165, 1.54) is 6.08 Å². The Balaban J connectivity index is 3.18. The molecule has 1 rings (SSSR count). The summed E-state index contributed by atoms with van der Waals surface area (Å²) in [6.45, 7) is 1.93. The van der Waals surface area contributed by atoms with Crippen molar-refractivity contribution in [3.8, 4) is 6.07 Å². The Morgan fingerprint density at radius 2 is 2.20 bits per heavy atom. The molecule has 0 aliphatic carbocycles. The number of rotatable bonds is 2. The van der Waals surface area contributed by atoms with E-state index >= 15 is 0 Å². The van der Waals surface area contributed by atoms with Crippen molar-refractivity contribution >= 4 is 27.9 Å². The van der Waals surface area contributed by atoms with E-state index in [1.807, 2.05) is 25.1 Å². The van der Waals surface area contributed by atoms with Gasteiger partial charge in [-0.25, -0.2) is 0 Å². The smallest absolute Gasteiger partial charge is 0.259 e. The molecule has 0 spiro atoms. The van der Waals surface area contributed by atoms with Crippen LogP contribution >= 0.6 is 15.9 Å². The second-order valence-electron chi connectivity index (χ2n) is 3.10. The topological polar surface area (TPSA) is 66.9 Å². The van der Waals surface area contributed by atoms with E-state index in [0.29, 0.717) is 0 Å². The molecule has 0 radical (unpaired) electrons. The van der Waals surface area contributed by atoms with Crippen LogP contribution in [-0.2, 0) is 4.79 Å². The molecule has 0 heterocycles. The third-order valence-corrected chi connectivity index (χ3v) is 2.22. The second kappa shape index (κ2) is 4.76. The summed E-state index contributed by atoms with van der Waals surface area (Å²) in [6, 6.07) is 7.38. The largest absolute Gasteiger partial charge is 0.365 e. The van der Waals surface area contributed by atoms with E-state index in [4.69, 9.17) is 11.0 Å². The zero-order valence-corrected chi connectivity index (χ0v) is 9.71. The molecule has 2 N–H and O–H groups in total. The maximum absolute atomic E-state index is 10.8. The summed E-state index contributed by atoms with van der Waals surface area (Å²) in [4.78, 5) is 10.8. The molecule has 1 aromatic carbocycles. The van der Waals surface area contributed by atoms with E-state index in [2.05, 4.69) is 15.9 Å². The fourth-order valence-corrected chi connectivity index (χ4v) is 1.80. The number of hydrogen-bond acceptors (Lipinski definition) is 2. The number of benzene rings is 1. The average molecular weight is 265 g/mol. The SMILES string of the molecule is Cc1cc(Br)cc(/C=C(/C#N)C(N)=O)c1. The Kier molecular flexibility index (Phi) is 3.64. The lowest BCUT2D eigenvalue weighted by Gasteiger charge is -1.99. The van der Waals surface area contributed by atoms with E-state index < -0.39 is 5.91 Å². The highest BCUT2D eigenvalue weighted by molar-refractivity contribution is 9.10. The highest BCUT2D eigenvalue weighted by Gasteiger charge is 2.03. The molecule has 0 fully saturated rings. The van der Waals surface area contributed by atoms with Gasteiger partial charge in [-0.05, 0) is 36.3 Å². The first-order valence-electron chi connectivity index (χ1n) is 4.21. The van der Waals surface area contributed by atoms with Gasteiger partial charge in [-0.15, -0.1) is 0 Å². The lowest BCUT2D eigenvalue weighted by atomic mass is 10.1. The Hall–Kier alpha value is -1.60. The summed E-state index contributed by atoms with van der Waals surface area (Å²) in [5.74, 6) is -0.713. The molecular weight excluding hydrogens is 256 g/mol. The predicted octanol–water partition coefficient (Wildman–Crippen LogP) is 2.15. The van der Waals surface area contributed by atoms with E-state index in [-0.39, 0.29) is 5.57 Å². The maximum atomic E-state index is 10.8. The fraction of sp³-hybridized carbons (Fsp3) is 0.0909. The summed E-state index contributed by atoms with van der Waals surface area (Å²) < 4.78 is 0.899. The minimum Gasteiger partial charge on any atom is -0.365 e. The van der Waals surface area contributed by atoms with Crippen LogP contribution in [0.5, 0.6) is 0 Å². The number of nitriles is 1.